The Hall–Kier alpha value is -1.61. The number of hydrogen-bond acceptors (Lipinski definition) is 2. The summed E-state index contributed by atoms with van der Waals surface area (Å²) >= 11 is 6.23. The molecule has 0 amide bonds. The Kier molecular flexibility index (Phi) is 3.59. The van der Waals surface area contributed by atoms with E-state index in [0.29, 0.717) is 11.4 Å². The van der Waals surface area contributed by atoms with Gasteiger partial charge in [0, 0.05) is 23.8 Å². The summed E-state index contributed by atoms with van der Waals surface area (Å²) in [4.78, 5) is 14.8. The summed E-state index contributed by atoms with van der Waals surface area (Å²) in [6.45, 7) is 2.00. The molecule has 1 aromatic carbocycles. The number of aldehydes is 1. The summed E-state index contributed by atoms with van der Waals surface area (Å²) < 4.78 is 1.91. The number of nitrogens with zero attached hydrogens (tertiary/aromatic N) is 2. The third kappa shape index (κ3) is 2.39. The molecule has 0 fully saturated rings. The largest absolute Gasteiger partial charge is 0.329 e. The van der Waals surface area contributed by atoms with E-state index in [0.717, 1.165) is 17.4 Å². The van der Waals surface area contributed by atoms with Crippen molar-refractivity contribution in [3.05, 3.63) is 53.1 Å². The summed E-state index contributed by atoms with van der Waals surface area (Å²) in [6, 6.07) is 5.67. The monoisotopic (exact) mass is 248 g/mol. The van der Waals surface area contributed by atoms with Gasteiger partial charge in [0.25, 0.3) is 0 Å². The van der Waals surface area contributed by atoms with Gasteiger partial charge in [-0.15, -0.1) is 0 Å². The van der Waals surface area contributed by atoms with Crippen molar-refractivity contribution in [1.82, 2.24) is 9.55 Å². The molecule has 0 aliphatic heterocycles. The molecule has 0 radical (unpaired) electrons. The van der Waals surface area contributed by atoms with Gasteiger partial charge in [-0.05, 0) is 24.1 Å². The van der Waals surface area contributed by atoms with Crippen LogP contribution >= 0.6 is 11.6 Å². The van der Waals surface area contributed by atoms with Gasteiger partial charge in [0.15, 0.2) is 0 Å². The minimum Gasteiger partial charge on any atom is -0.329 e. The SMILES string of the molecule is Cc1cccc(Cl)c1C(CC=O)n1ccnc1. The number of imidazole rings is 1. The van der Waals surface area contributed by atoms with E-state index in [1.807, 2.05) is 35.9 Å². The first-order chi connectivity index (χ1) is 8.24. The van der Waals surface area contributed by atoms with Crippen LogP contribution in [0.1, 0.15) is 23.6 Å². The summed E-state index contributed by atoms with van der Waals surface area (Å²) in [7, 11) is 0. The Morgan fingerprint density at radius 3 is 2.94 bits per heavy atom. The Bertz CT molecular complexity index is 488. The highest BCUT2D eigenvalue weighted by atomic mass is 35.5. The predicted molar refractivity (Wildman–Crippen MR) is 67.2 cm³/mol. The van der Waals surface area contributed by atoms with E-state index in [2.05, 4.69) is 4.98 Å². The molecule has 1 aromatic heterocycles. The second kappa shape index (κ2) is 5.15. The zero-order valence-electron chi connectivity index (χ0n) is 9.51. The molecule has 4 heteroatoms. The number of hydrogen-bond donors (Lipinski definition) is 0. The topological polar surface area (TPSA) is 34.9 Å². The van der Waals surface area contributed by atoms with Crippen LogP contribution < -0.4 is 0 Å². The molecule has 2 rings (SSSR count). The van der Waals surface area contributed by atoms with Crippen molar-refractivity contribution in [2.75, 3.05) is 0 Å². The summed E-state index contributed by atoms with van der Waals surface area (Å²) in [5, 5.41) is 0.686. The molecule has 1 atom stereocenters. The van der Waals surface area contributed by atoms with Gasteiger partial charge in [0.05, 0.1) is 12.4 Å². The predicted octanol–water partition coefficient (Wildman–Crippen LogP) is 3.02. The molecule has 1 heterocycles. The normalized spacial score (nSPS) is 12.4. The Balaban J connectivity index is 2.50. The minimum atomic E-state index is -0.0799. The van der Waals surface area contributed by atoms with Gasteiger partial charge in [-0.2, -0.15) is 0 Å². The molecule has 0 aliphatic carbocycles. The molecule has 2 aromatic rings. The van der Waals surface area contributed by atoms with Gasteiger partial charge < -0.3 is 9.36 Å². The van der Waals surface area contributed by atoms with Crippen LogP contribution in [0.3, 0.4) is 0 Å². The van der Waals surface area contributed by atoms with Gasteiger partial charge >= 0.3 is 0 Å². The lowest BCUT2D eigenvalue weighted by Crippen LogP contribution is -2.11. The van der Waals surface area contributed by atoms with Gasteiger partial charge in [-0.3, -0.25) is 0 Å². The molecular weight excluding hydrogens is 236 g/mol. The molecule has 0 bridgehead atoms. The zero-order valence-corrected chi connectivity index (χ0v) is 10.3. The van der Waals surface area contributed by atoms with Gasteiger partial charge in [-0.25, -0.2) is 4.98 Å². The van der Waals surface area contributed by atoms with E-state index >= 15 is 0 Å². The lowest BCUT2D eigenvalue weighted by atomic mass is 9.99. The van der Waals surface area contributed by atoms with E-state index in [4.69, 9.17) is 11.6 Å². The average Bonchev–Trinajstić information content (AvgIpc) is 2.80. The van der Waals surface area contributed by atoms with Crippen molar-refractivity contribution in [1.29, 1.82) is 0 Å². The van der Waals surface area contributed by atoms with Crippen LogP contribution in [0.25, 0.3) is 0 Å². The van der Waals surface area contributed by atoms with E-state index in [1.54, 1.807) is 12.5 Å². The van der Waals surface area contributed by atoms with Crippen molar-refractivity contribution in [2.24, 2.45) is 0 Å². The lowest BCUT2D eigenvalue weighted by Gasteiger charge is -2.20. The van der Waals surface area contributed by atoms with E-state index in [9.17, 15) is 4.79 Å². The standard InChI is InChI=1S/C13H13ClN2O/c1-10-3-2-4-11(14)13(10)12(5-8-17)16-7-6-15-9-16/h2-4,6-9,12H,5H2,1H3. The molecule has 3 nitrogen and oxygen atoms in total. The third-order valence-corrected chi connectivity index (χ3v) is 3.14. The maximum Gasteiger partial charge on any atom is 0.122 e. The Labute approximate surface area is 105 Å². The zero-order chi connectivity index (χ0) is 12.3. The first-order valence-electron chi connectivity index (χ1n) is 5.40. The second-order valence-electron chi connectivity index (χ2n) is 3.90. The number of aryl methyl sites for hydroxylation is 1. The molecular formula is C13H13ClN2O. The number of benzene rings is 1. The molecule has 0 saturated carbocycles. The van der Waals surface area contributed by atoms with Crippen molar-refractivity contribution in [3.63, 3.8) is 0 Å². The average molecular weight is 249 g/mol. The Morgan fingerprint density at radius 1 is 1.53 bits per heavy atom. The van der Waals surface area contributed by atoms with Crippen molar-refractivity contribution < 1.29 is 4.79 Å². The molecule has 1 unspecified atom stereocenters. The minimum absolute atomic E-state index is 0.0799. The van der Waals surface area contributed by atoms with Gasteiger partial charge in [-0.1, -0.05) is 23.7 Å². The van der Waals surface area contributed by atoms with Crippen LogP contribution in [0.15, 0.2) is 36.9 Å². The molecule has 0 N–H and O–H groups in total. The summed E-state index contributed by atoms with van der Waals surface area (Å²) in [5.41, 5.74) is 2.07. The smallest absolute Gasteiger partial charge is 0.122 e. The fourth-order valence-corrected chi connectivity index (χ4v) is 2.35. The van der Waals surface area contributed by atoms with E-state index < -0.39 is 0 Å². The van der Waals surface area contributed by atoms with E-state index in [-0.39, 0.29) is 6.04 Å². The van der Waals surface area contributed by atoms with Gasteiger partial charge in [0.2, 0.25) is 0 Å². The quantitative estimate of drug-likeness (QED) is 0.780. The Morgan fingerprint density at radius 2 is 2.35 bits per heavy atom. The van der Waals surface area contributed by atoms with Gasteiger partial charge in [0.1, 0.15) is 6.29 Å². The first kappa shape index (κ1) is 11.9. The molecule has 0 spiro atoms. The van der Waals surface area contributed by atoms with Crippen molar-refractivity contribution in [3.8, 4) is 0 Å². The fourth-order valence-electron chi connectivity index (χ4n) is 2.00. The fraction of sp³-hybridized carbons (Fsp3) is 0.231. The highest BCUT2D eigenvalue weighted by molar-refractivity contribution is 6.31. The molecule has 88 valence electrons. The summed E-state index contributed by atoms with van der Waals surface area (Å²) in [6.07, 6.45) is 6.55. The number of rotatable bonds is 4. The highest BCUT2D eigenvalue weighted by Crippen LogP contribution is 2.30. The number of aromatic nitrogens is 2. The molecule has 17 heavy (non-hydrogen) atoms. The van der Waals surface area contributed by atoms with Crippen LogP contribution in [0.2, 0.25) is 5.02 Å². The highest BCUT2D eigenvalue weighted by Gasteiger charge is 2.17. The van der Waals surface area contributed by atoms with Crippen LogP contribution in [0.5, 0.6) is 0 Å². The third-order valence-electron chi connectivity index (χ3n) is 2.81. The maximum atomic E-state index is 10.8. The van der Waals surface area contributed by atoms with Crippen molar-refractivity contribution >= 4 is 17.9 Å². The number of carbonyl (C=O) groups excluding carboxylic acids is 1. The van der Waals surface area contributed by atoms with Crippen LogP contribution in [-0.2, 0) is 4.79 Å². The maximum absolute atomic E-state index is 10.8. The number of carbonyl (C=O) groups is 1. The van der Waals surface area contributed by atoms with Crippen LogP contribution in [-0.4, -0.2) is 15.8 Å². The second-order valence-corrected chi connectivity index (χ2v) is 4.31. The summed E-state index contributed by atoms with van der Waals surface area (Å²) in [5.74, 6) is 0. The lowest BCUT2D eigenvalue weighted by molar-refractivity contribution is -0.108. The van der Waals surface area contributed by atoms with Crippen LogP contribution in [0.4, 0.5) is 0 Å². The molecule has 0 saturated heterocycles. The van der Waals surface area contributed by atoms with Crippen LogP contribution in [0, 0.1) is 6.92 Å². The van der Waals surface area contributed by atoms with E-state index in [1.165, 1.54) is 0 Å². The number of halogens is 1. The molecule has 0 aliphatic rings. The van der Waals surface area contributed by atoms with Crippen molar-refractivity contribution in [2.45, 2.75) is 19.4 Å². The first-order valence-corrected chi connectivity index (χ1v) is 5.78.